The minimum absolute atomic E-state index is 0.154. The second-order valence-corrected chi connectivity index (χ2v) is 11.1. The molecule has 0 saturated carbocycles. The molecule has 6 N–H and O–H groups in total. The number of aromatic nitrogens is 2. The SMILES string of the molecule is O=C(NCC(O)CCNc1ccc(C(O)c2[nH]c3ccc(Cl)cc3c2CCNc2ccc(Cl)cc2)cc1)c1ccncc1. The Labute approximate surface area is 260 Å². The van der Waals surface area contributed by atoms with Gasteiger partial charge in [0, 0.05) is 69.9 Å². The van der Waals surface area contributed by atoms with Crippen LogP contribution >= 0.6 is 23.2 Å². The van der Waals surface area contributed by atoms with E-state index in [0.29, 0.717) is 41.5 Å². The first-order chi connectivity index (χ1) is 20.9. The molecule has 2 heterocycles. The Balaban J connectivity index is 1.18. The lowest BCUT2D eigenvalue weighted by molar-refractivity contribution is 0.0912. The Morgan fingerprint density at radius 1 is 0.837 bits per heavy atom. The van der Waals surface area contributed by atoms with Crippen molar-refractivity contribution in [1.29, 1.82) is 0 Å². The number of carbonyl (C=O) groups excluding carboxylic acids is 1. The Hall–Kier alpha value is -4.08. The summed E-state index contributed by atoms with van der Waals surface area (Å²) in [5.41, 5.74) is 5.71. The molecule has 2 unspecified atom stereocenters. The van der Waals surface area contributed by atoms with Crippen molar-refractivity contribution in [3.63, 3.8) is 0 Å². The smallest absolute Gasteiger partial charge is 0.251 e. The summed E-state index contributed by atoms with van der Waals surface area (Å²) in [6.45, 7) is 1.33. The van der Waals surface area contributed by atoms with Crippen LogP contribution in [0.4, 0.5) is 11.4 Å². The van der Waals surface area contributed by atoms with Crippen molar-refractivity contribution in [2.24, 2.45) is 0 Å². The van der Waals surface area contributed by atoms with Crippen LogP contribution in [0.2, 0.25) is 10.0 Å². The quantitative estimate of drug-likeness (QED) is 0.0935. The van der Waals surface area contributed by atoms with Crippen LogP contribution in [-0.4, -0.2) is 51.8 Å². The molecule has 0 radical (unpaired) electrons. The number of aromatic amines is 1. The maximum absolute atomic E-state index is 12.1. The van der Waals surface area contributed by atoms with Gasteiger partial charge in [0.25, 0.3) is 5.91 Å². The Morgan fingerprint density at radius 3 is 2.21 bits per heavy atom. The Morgan fingerprint density at radius 2 is 1.49 bits per heavy atom. The van der Waals surface area contributed by atoms with Crippen molar-refractivity contribution in [2.45, 2.75) is 25.0 Å². The first-order valence-electron chi connectivity index (χ1n) is 14.0. The molecular weight excluding hydrogens is 585 g/mol. The van der Waals surface area contributed by atoms with E-state index >= 15 is 0 Å². The molecule has 0 spiro atoms. The molecule has 2 aromatic heterocycles. The number of H-pyrrole nitrogens is 1. The standard InChI is InChI=1S/C33H33Cl2N5O3/c34-23-3-8-26(9-4-23)38-18-14-28-29-19-24(35)5-10-30(29)40-31(28)32(42)21-1-6-25(7-2-21)37-17-13-27(41)20-39-33(43)22-11-15-36-16-12-22/h1-12,15-16,19,27,32,37-38,40-42H,13-14,17-18,20H2,(H,39,43). The minimum atomic E-state index is -0.864. The van der Waals surface area contributed by atoms with Crippen molar-refractivity contribution in [2.75, 3.05) is 30.3 Å². The minimum Gasteiger partial charge on any atom is -0.391 e. The van der Waals surface area contributed by atoms with Crippen LogP contribution in [0.5, 0.6) is 0 Å². The van der Waals surface area contributed by atoms with Crippen molar-refractivity contribution in [3.05, 3.63) is 124 Å². The van der Waals surface area contributed by atoms with Gasteiger partial charge >= 0.3 is 0 Å². The number of carbonyl (C=O) groups is 1. The van der Waals surface area contributed by atoms with Crippen molar-refractivity contribution in [1.82, 2.24) is 15.3 Å². The highest BCUT2D eigenvalue weighted by molar-refractivity contribution is 6.31. The fourth-order valence-corrected chi connectivity index (χ4v) is 5.19. The van der Waals surface area contributed by atoms with Crippen LogP contribution in [0.3, 0.4) is 0 Å². The predicted octanol–water partition coefficient (Wildman–Crippen LogP) is 6.20. The largest absolute Gasteiger partial charge is 0.391 e. The van der Waals surface area contributed by atoms with Crippen molar-refractivity contribution in [3.8, 4) is 0 Å². The number of halogens is 2. The van der Waals surface area contributed by atoms with E-state index in [1.807, 2.05) is 66.7 Å². The highest BCUT2D eigenvalue weighted by Gasteiger charge is 2.20. The number of fused-ring (bicyclic) bond motifs is 1. The van der Waals surface area contributed by atoms with Crippen LogP contribution in [0.15, 0.2) is 91.3 Å². The summed E-state index contributed by atoms with van der Waals surface area (Å²) < 4.78 is 0. The fraction of sp³-hybridized carbons (Fsp3) is 0.212. The molecule has 43 heavy (non-hydrogen) atoms. The van der Waals surface area contributed by atoms with E-state index in [2.05, 4.69) is 25.9 Å². The molecule has 0 fully saturated rings. The monoisotopic (exact) mass is 617 g/mol. The number of nitrogens with one attached hydrogen (secondary N) is 4. The summed E-state index contributed by atoms with van der Waals surface area (Å²) >= 11 is 12.3. The summed E-state index contributed by atoms with van der Waals surface area (Å²) in [6, 6.07) is 24.0. The zero-order chi connectivity index (χ0) is 30.2. The second-order valence-electron chi connectivity index (χ2n) is 10.2. The molecular formula is C33H33Cl2N5O3. The van der Waals surface area contributed by atoms with Gasteiger partial charge in [0.1, 0.15) is 6.10 Å². The number of hydrogen-bond donors (Lipinski definition) is 6. The number of anilines is 2. The van der Waals surface area contributed by atoms with Crippen LogP contribution in [-0.2, 0) is 6.42 Å². The molecule has 0 aliphatic heterocycles. The summed E-state index contributed by atoms with van der Waals surface area (Å²) in [5, 5.41) is 33.4. The predicted molar refractivity (Wildman–Crippen MR) is 173 cm³/mol. The average molecular weight is 619 g/mol. The normalized spacial score (nSPS) is 12.6. The number of aliphatic hydroxyl groups excluding tert-OH is 2. The van der Waals surface area contributed by atoms with Gasteiger partial charge < -0.3 is 31.1 Å². The molecule has 0 bridgehead atoms. The second kappa shape index (κ2) is 14.4. The number of rotatable bonds is 13. The third kappa shape index (κ3) is 8.06. The number of pyridine rings is 1. The van der Waals surface area contributed by atoms with E-state index in [4.69, 9.17) is 23.2 Å². The lowest BCUT2D eigenvalue weighted by Crippen LogP contribution is -2.33. The number of benzene rings is 3. The van der Waals surface area contributed by atoms with Gasteiger partial charge in [-0.3, -0.25) is 9.78 Å². The van der Waals surface area contributed by atoms with Crippen molar-refractivity contribution < 1.29 is 15.0 Å². The zero-order valence-electron chi connectivity index (χ0n) is 23.4. The molecule has 3 aromatic carbocycles. The molecule has 5 rings (SSSR count). The number of hydrogen-bond acceptors (Lipinski definition) is 6. The average Bonchev–Trinajstić information content (AvgIpc) is 3.38. The molecule has 2 atom stereocenters. The summed E-state index contributed by atoms with van der Waals surface area (Å²) in [5.74, 6) is -0.248. The zero-order valence-corrected chi connectivity index (χ0v) is 24.9. The molecule has 1 amide bonds. The highest BCUT2D eigenvalue weighted by atomic mass is 35.5. The first kappa shape index (κ1) is 30.4. The van der Waals surface area contributed by atoms with Crippen molar-refractivity contribution >= 4 is 51.4 Å². The molecule has 8 nitrogen and oxygen atoms in total. The maximum atomic E-state index is 12.1. The van der Waals surface area contributed by atoms with E-state index in [0.717, 1.165) is 39.1 Å². The molecule has 5 aromatic rings. The van der Waals surface area contributed by atoms with E-state index in [9.17, 15) is 15.0 Å². The van der Waals surface area contributed by atoms with E-state index in [1.54, 1.807) is 24.5 Å². The van der Waals surface area contributed by atoms with Gasteiger partial charge in [-0.2, -0.15) is 0 Å². The lowest BCUT2D eigenvalue weighted by atomic mass is 9.99. The van der Waals surface area contributed by atoms with Gasteiger partial charge in [0.2, 0.25) is 0 Å². The maximum Gasteiger partial charge on any atom is 0.251 e. The molecule has 0 aliphatic carbocycles. The van der Waals surface area contributed by atoms with Crippen LogP contribution in [0, 0.1) is 0 Å². The van der Waals surface area contributed by atoms with Gasteiger partial charge in [-0.15, -0.1) is 0 Å². The van der Waals surface area contributed by atoms with Gasteiger partial charge in [0.05, 0.1) is 11.8 Å². The van der Waals surface area contributed by atoms with Gasteiger partial charge in [-0.05, 0) is 90.7 Å². The first-order valence-corrected chi connectivity index (χ1v) is 14.8. The number of amides is 1. The summed E-state index contributed by atoms with van der Waals surface area (Å²) in [6.07, 6.45) is 2.67. The van der Waals surface area contributed by atoms with E-state index < -0.39 is 12.2 Å². The van der Waals surface area contributed by atoms with Crippen LogP contribution in [0.1, 0.15) is 39.7 Å². The van der Waals surface area contributed by atoms with Crippen LogP contribution in [0.25, 0.3) is 10.9 Å². The third-order valence-corrected chi connectivity index (χ3v) is 7.68. The highest BCUT2D eigenvalue weighted by Crippen LogP contribution is 2.33. The fourth-order valence-electron chi connectivity index (χ4n) is 4.89. The Kier molecular flexibility index (Phi) is 10.2. The van der Waals surface area contributed by atoms with Gasteiger partial charge in [-0.25, -0.2) is 0 Å². The van der Waals surface area contributed by atoms with E-state index in [-0.39, 0.29) is 12.5 Å². The van der Waals surface area contributed by atoms with Gasteiger partial charge in [-0.1, -0.05) is 35.3 Å². The van der Waals surface area contributed by atoms with Gasteiger partial charge in [0.15, 0.2) is 0 Å². The molecule has 10 heteroatoms. The third-order valence-electron chi connectivity index (χ3n) is 7.20. The summed E-state index contributed by atoms with van der Waals surface area (Å²) in [4.78, 5) is 19.4. The number of nitrogens with zero attached hydrogens (tertiary/aromatic N) is 1. The molecule has 0 saturated heterocycles. The topological polar surface area (TPSA) is 122 Å². The number of aliphatic hydroxyl groups is 2. The molecule has 0 aliphatic rings. The van der Waals surface area contributed by atoms with E-state index in [1.165, 1.54) is 0 Å². The molecule has 222 valence electrons. The Bertz CT molecular complexity index is 1640. The van der Waals surface area contributed by atoms with Crippen LogP contribution < -0.4 is 16.0 Å². The summed E-state index contributed by atoms with van der Waals surface area (Å²) in [7, 11) is 0. The lowest BCUT2D eigenvalue weighted by Gasteiger charge is -2.15.